The molecule has 0 heterocycles. The van der Waals surface area contributed by atoms with Gasteiger partial charge in [0.2, 0.25) is 0 Å². The number of hydrogen-bond acceptors (Lipinski definition) is 4. The number of rotatable bonds is 6. The van der Waals surface area contributed by atoms with E-state index in [1.807, 2.05) is 30.3 Å². The van der Waals surface area contributed by atoms with E-state index in [9.17, 15) is 4.79 Å². The van der Waals surface area contributed by atoms with Gasteiger partial charge in [-0.25, -0.2) is 0 Å². The van der Waals surface area contributed by atoms with Crippen LogP contribution in [0.4, 0.5) is 0 Å². The third kappa shape index (κ3) is 4.74. The SMILES string of the molecule is COC(=O)CCN(C)[C@@H]1CCCC[C@H]1Oc1ccccc1. The van der Waals surface area contributed by atoms with Gasteiger partial charge in [-0.15, -0.1) is 0 Å². The highest BCUT2D eigenvalue weighted by atomic mass is 16.5. The number of hydrogen-bond donors (Lipinski definition) is 0. The van der Waals surface area contributed by atoms with E-state index in [-0.39, 0.29) is 12.1 Å². The minimum Gasteiger partial charge on any atom is -0.489 e. The molecule has 4 heteroatoms. The third-order valence-corrected chi connectivity index (χ3v) is 4.16. The molecule has 0 spiro atoms. The first kappa shape index (κ1) is 15.8. The number of methoxy groups -OCH3 is 1. The molecule has 0 amide bonds. The molecule has 0 N–H and O–H groups in total. The second kappa shape index (κ2) is 8.03. The predicted octanol–water partition coefficient (Wildman–Crippen LogP) is 2.87. The van der Waals surface area contributed by atoms with Crippen molar-refractivity contribution in [1.82, 2.24) is 4.90 Å². The van der Waals surface area contributed by atoms with Crippen LogP contribution in [-0.2, 0) is 9.53 Å². The number of ether oxygens (including phenoxy) is 2. The van der Waals surface area contributed by atoms with Crippen LogP contribution < -0.4 is 4.74 Å². The molecule has 0 aromatic heterocycles. The summed E-state index contributed by atoms with van der Waals surface area (Å²) < 4.78 is 10.9. The van der Waals surface area contributed by atoms with Crippen molar-refractivity contribution in [2.75, 3.05) is 20.7 Å². The van der Waals surface area contributed by atoms with Gasteiger partial charge in [-0.3, -0.25) is 9.69 Å². The van der Waals surface area contributed by atoms with Crippen LogP contribution in [-0.4, -0.2) is 43.7 Å². The Hall–Kier alpha value is -1.55. The number of carbonyl (C=O) groups excluding carboxylic acids is 1. The molecular formula is C17H25NO3. The Morgan fingerprint density at radius 2 is 1.95 bits per heavy atom. The molecule has 1 fully saturated rings. The maximum atomic E-state index is 11.3. The van der Waals surface area contributed by atoms with E-state index in [1.54, 1.807) is 0 Å². The van der Waals surface area contributed by atoms with E-state index in [4.69, 9.17) is 9.47 Å². The van der Waals surface area contributed by atoms with Crippen molar-refractivity contribution >= 4 is 5.97 Å². The lowest BCUT2D eigenvalue weighted by atomic mass is 9.91. The zero-order valence-corrected chi connectivity index (χ0v) is 13.0. The molecule has 1 aromatic carbocycles. The lowest BCUT2D eigenvalue weighted by molar-refractivity contribution is -0.141. The van der Waals surface area contributed by atoms with Crippen molar-refractivity contribution in [3.63, 3.8) is 0 Å². The van der Waals surface area contributed by atoms with Gasteiger partial charge in [0.25, 0.3) is 0 Å². The van der Waals surface area contributed by atoms with E-state index >= 15 is 0 Å². The molecule has 0 bridgehead atoms. The molecule has 0 radical (unpaired) electrons. The van der Waals surface area contributed by atoms with Gasteiger partial charge in [0, 0.05) is 12.6 Å². The average Bonchev–Trinajstić information content (AvgIpc) is 2.53. The summed E-state index contributed by atoms with van der Waals surface area (Å²) in [6, 6.07) is 10.3. The van der Waals surface area contributed by atoms with Crippen molar-refractivity contribution in [2.45, 2.75) is 44.2 Å². The Morgan fingerprint density at radius 3 is 2.67 bits per heavy atom. The molecule has 1 aliphatic carbocycles. The average molecular weight is 291 g/mol. The molecule has 0 unspecified atom stereocenters. The van der Waals surface area contributed by atoms with E-state index in [1.165, 1.54) is 20.0 Å². The molecule has 4 nitrogen and oxygen atoms in total. The van der Waals surface area contributed by atoms with Crippen LogP contribution in [0.15, 0.2) is 30.3 Å². The Morgan fingerprint density at radius 1 is 1.24 bits per heavy atom. The van der Waals surface area contributed by atoms with Gasteiger partial charge >= 0.3 is 5.97 Å². The second-order valence-electron chi connectivity index (χ2n) is 5.63. The lowest BCUT2D eigenvalue weighted by Gasteiger charge is -2.37. The minimum absolute atomic E-state index is 0.154. The Kier molecular flexibility index (Phi) is 6.05. The fraction of sp³-hybridized carbons (Fsp3) is 0.588. The van der Waals surface area contributed by atoms with Crippen molar-refractivity contribution in [1.29, 1.82) is 0 Å². The van der Waals surface area contributed by atoms with Gasteiger partial charge < -0.3 is 9.47 Å². The molecule has 2 rings (SSSR count). The standard InChI is InChI=1S/C17H25NO3/c1-18(13-12-17(19)20-2)15-10-6-7-11-16(15)21-14-8-4-3-5-9-14/h3-5,8-9,15-16H,6-7,10-13H2,1-2H3/t15-,16-/m1/s1. The minimum atomic E-state index is -0.154. The monoisotopic (exact) mass is 291 g/mol. The Labute approximate surface area is 127 Å². The molecule has 1 aliphatic rings. The van der Waals surface area contributed by atoms with Crippen LogP contribution in [0.1, 0.15) is 32.1 Å². The maximum Gasteiger partial charge on any atom is 0.306 e. The van der Waals surface area contributed by atoms with Crippen LogP contribution >= 0.6 is 0 Å². The normalized spacial score (nSPS) is 22.0. The smallest absolute Gasteiger partial charge is 0.306 e. The number of carbonyl (C=O) groups is 1. The van der Waals surface area contributed by atoms with E-state index in [0.717, 1.165) is 18.6 Å². The molecule has 21 heavy (non-hydrogen) atoms. The molecule has 1 saturated carbocycles. The van der Waals surface area contributed by atoms with Crippen LogP contribution in [0, 0.1) is 0 Å². The van der Waals surface area contributed by atoms with E-state index in [2.05, 4.69) is 11.9 Å². The zero-order valence-electron chi connectivity index (χ0n) is 13.0. The van der Waals surface area contributed by atoms with E-state index < -0.39 is 0 Å². The quantitative estimate of drug-likeness (QED) is 0.756. The summed E-state index contributed by atoms with van der Waals surface area (Å²) in [7, 11) is 3.50. The first-order valence-electron chi connectivity index (χ1n) is 7.69. The van der Waals surface area contributed by atoms with Gasteiger partial charge in [0.05, 0.1) is 13.5 Å². The fourth-order valence-corrected chi connectivity index (χ4v) is 2.93. The number of esters is 1. The molecule has 0 saturated heterocycles. The zero-order chi connectivity index (χ0) is 15.1. The topological polar surface area (TPSA) is 38.8 Å². The van der Waals surface area contributed by atoms with Gasteiger partial charge in [0.1, 0.15) is 11.9 Å². The van der Waals surface area contributed by atoms with Crippen LogP contribution in [0.3, 0.4) is 0 Å². The third-order valence-electron chi connectivity index (χ3n) is 4.16. The van der Waals surface area contributed by atoms with E-state index in [0.29, 0.717) is 19.0 Å². The first-order valence-corrected chi connectivity index (χ1v) is 7.69. The lowest BCUT2D eigenvalue weighted by Crippen LogP contribution is -2.46. The summed E-state index contributed by atoms with van der Waals surface area (Å²) in [4.78, 5) is 13.5. The van der Waals surface area contributed by atoms with Crippen molar-refractivity contribution < 1.29 is 14.3 Å². The van der Waals surface area contributed by atoms with Gasteiger partial charge in [-0.05, 0) is 38.4 Å². The number of para-hydroxylation sites is 1. The predicted molar refractivity (Wildman–Crippen MR) is 82.4 cm³/mol. The summed E-state index contributed by atoms with van der Waals surface area (Å²) in [5.41, 5.74) is 0. The summed E-state index contributed by atoms with van der Waals surface area (Å²) in [6.07, 6.45) is 5.25. The highest BCUT2D eigenvalue weighted by Crippen LogP contribution is 2.26. The fourth-order valence-electron chi connectivity index (χ4n) is 2.93. The molecule has 0 aliphatic heterocycles. The highest BCUT2D eigenvalue weighted by molar-refractivity contribution is 5.69. The number of benzene rings is 1. The van der Waals surface area contributed by atoms with Gasteiger partial charge in [-0.2, -0.15) is 0 Å². The summed E-state index contributed by atoms with van der Waals surface area (Å²) in [6.45, 7) is 0.714. The highest BCUT2D eigenvalue weighted by Gasteiger charge is 2.30. The van der Waals surface area contributed by atoms with Crippen molar-refractivity contribution in [2.24, 2.45) is 0 Å². The second-order valence-corrected chi connectivity index (χ2v) is 5.63. The summed E-state index contributed by atoms with van der Waals surface area (Å²) in [5, 5.41) is 0. The Balaban J connectivity index is 1.93. The summed E-state index contributed by atoms with van der Waals surface area (Å²) >= 11 is 0. The molecule has 1 aromatic rings. The van der Waals surface area contributed by atoms with Crippen molar-refractivity contribution in [3.05, 3.63) is 30.3 Å². The Bertz CT molecular complexity index is 435. The maximum absolute atomic E-state index is 11.3. The number of nitrogens with zero attached hydrogens (tertiary/aromatic N) is 1. The molecular weight excluding hydrogens is 266 g/mol. The van der Waals surface area contributed by atoms with Gasteiger partial charge in [0.15, 0.2) is 0 Å². The summed E-state index contributed by atoms with van der Waals surface area (Å²) in [5.74, 6) is 0.772. The molecule has 2 atom stereocenters. The van der Waals surface area contributed by atoms with Crippen LogP contribution in [0.25, 0.3) is 0 Å². The first-order chi connectivity index (χ1) is 10.2. The largest absolute Gasteiger partial charge is 0.489 e. The molecule has 116 valence electrons. The van der Waals surface area contributed by atoms with Crippen LogP contribution in [0.5, 0.6) is 5.75 Å². The van der Waals surface area contributed by atoms with Crippen molar-refractivity contribution in [3.8, 4) is 5.75 Å². The van der Waals surface area contributed by atoms with Gasteiger partial charge in [-0.1, -0.05) is 24.6 Å². The number of likely N-dealkylation sites (N-methyl/N-ethyl adjacent to an activating group) is 1. The van der Waals surface area contributed by atoms with Crippen LogP contribution in [0.2, 0.25) is 0 Å².